The van der Waals surface area contributed by atoms with E-state index in [0.29, 0.717) is 0 Å². The van der Waals surface area contributed by atoms with E-state index < -0.39 is 0 Å². The Bertz CT molecular complexity index is 75.7. The average Bonchev–Trinajstić information content (AvgIpc) is 2.05. The SMILES string of the molecule is SC[C@@H]1CS[C@H](CS)CS1. The highest BCUT2D eigenvalue weighted by atomic mass is 32.2. The minimum absolute atomic E-state index is 0.782. The van der Waals surface area contributed by atoms with E-state index in [9.17, 15) is 0 Å². The Morgan fingerprint density at radius 3 is 1.60 bits per heavy atom. The highest BCUT2D eigenvalue weighted by Gasteiger charge is 2.19. The molecule has 0 aromatic carbocycles. The third-order valence-electron chi connectivity index (χ3n) is 1.44. The first kappa shape index (κ1) is 9.49. The zero-order chi connectivity index (χ0) is 7.40. The van der Waals surface area contributed by atoms with E-state index in [-0.39, 0.29) is 0 Å². The summed E-state index contributed by atoms with van der Waals surface area (Å²) in [5.74, 6) is 4.58. The molecule has 2 atom stereocenters. The minimum Gasteiger partial charge on any atom is -0.178 e. The maximum absolute atomic E-state index is 4.27. The molecule has 10 heavy (non-hydrogen) atoms. The molecule has 1 heterocycles. The van der Waals surface area contributed by atoms with E-state index in [2.05, 4.69) is 25.3 Å². The van der Waals surface area contributed by atoms with Gasteiger partial charge in [-0.05, 0) is 0 Å². The van der Waals surface area contributed by atoms with E-state index in [0.717, 1.165) is 22.0 Å². The Morgan fingerprint density at radius 2 is 1.40 bits per heavy atom. The minimum atomic E-state index is 0.782. The predicted molar refractivity (Wildman–Crippen MR) is 60.2 cm³/mol. The van der Waals surface area contributed by atoms with Gasteiger partial charge in [-0.15, -0.1) is 0 Å². The van der Waals surface area contributed by atoms with Crippen LogP contribution >= 0.6 is 48.8 Å². The number of hydrogen-bond donors (Lipinski definition) is 2. The van der Waals surface area contributed by atoms with E-state index in [1.54, 1.807) is 0 Å². The van der Waals surface area contributed by atoms with Gasteiger partial charge in [0.2, 0.25) is 0 Å². The van der Waals surface area contributed by atoms with Gasteiger partial charge in [0.1, 0.15) is 0 Å². The van der Waals surface area contributed by atoms with Crippen LogP contribution in [0.1, 0.15) is 0 Å². The molecule has 0 nitrogen and oxygen atoms in total. The molecule has 0 saturated carbocycles. The van der Waals surface area contributed by atoms with Crippen molar-refractivity contribution >= 4 is 48.8 Å². The summed E-state index contributed by atoms with van der Waals surface area (Å²) in [6.45, 7) is 0. The fraction of sp³-hybridized carbons (Fsp3) is 1.00. The van der Waals surface area contributed by atoms with Gasteiger partial charge in [0, 0.05) is 33.5 Å². The second-order valence-electron chi connectivity index (χ2n) is 2.28. The van der Waals surface area contributed by atoms with Gasteiger partial charge in [0.25, 0.3) is 0 Å². The van der Waals surface area contributed by atoms with E-state index in [4.69, 9.17) is 0 Å². The lowest BCUT2D eigenvalue weighted by atomic mass is 10.5. The molecular formula is C6H12S4. The summed E-state index contributed by atoms with van der Waals surface area (Å²) < 4.78 is 0. The van der Waals surface area contributed by atoms with Gasteiger partial charge in [0.15, 0.2) is 0 Å². The first-order valence-electron chi connectivity index (χ1n) is 3.31. The van der Waals surface area contributed by atoms with Gasteiger partial charge in [-0.1, -0.05) is 0 Å². The summed E-state index contributed by atoms with van der Waals surface area (Å²) in [4.78, 5) is 0. The fourth-order valence-electron chi connectivity index (χ4n) is 0.794. The molecule has 0 radical (unpaired) electrons. The smallest absolute Gasteiger partial charge is 0.0226 e. The van der Waals surface area contributed by atoms with Gasteiger partial charge in [-0.3, -0.25) is 0 Å². The maximum atomic E-state index is 4.27. The molecule has 0 unspecified atom stereocenters. The van der Waals surface area contributed by atoms with Gasteiger partial charge in [-0.2, -0.15) is 48.8 Å². The molecular weight excluding hydrogens is 200 g/mol. The molecule has 1 aliphatic rings. The van der Waals surface area contributed by atoms with Crippen LogP contribution in [0, 0.1) is 0 Å². The van der Waals surface area contributed by atoms with Crippen LogP contribution in [0.3, 0.4) is 0 Å². The normalized spacial score (nSPS) is 34.2. The third-order valence-corrected chi connectivity index (χ3v) is 6.04. The first-order valence-corrected chi connectivity index (χ1v) is 6.68. The largest absolute Gasteiger partial charge is 0.178 e. The molecule has 1 fully saturated rings. The van der Waals surface area contributed by atoms with Gasteiger partial charge in [0.05, 0.1) is 0 Å². The van der Waals surface area contributed by atoms with Crippen molar-refractivity contribution in [1.82, 2.24) is 0 Å². The van der Waals surface area contributed by atoms with Crippen molar-refractivity contribution in [2.24, 2.45) is 0 Å². The van der Waals surface area contributed by atoms with Crippen LogP contribution < -0.4 is 0 Å². The number of thioether (sulfide) groups is 2. The van der Waals surface area contributed by atoms with Crippen molar-refractivity contribution in [2.45, 2.75) is 10.5 Å². The monoisotopic (exact) mass is 212 g/mol. The Morgan fingerprint density at radius 1 is 1.00 bits per heavy atom. The van der Waals surface area contributed by atoms with Crippen LogP contribution in [-0.2, 0) is 0 Å². The van der Waals surface area contributed by atoms with Crippen LogP contribution in [0.5, 0.6) is 0 Å². The summed E-state index contributed by atoms with van der Waals surface area (Å²) in [5, 5.41) is 1.56. The van der Waals surface area contributed by atoms with Gasteiger partial charge in [-0.25, -0.2) is 0 Å². The lowest BCUT2D eigenvalue weighted by Gasteiger charge is -2.25. The molecule has 0 aromatic rings. The molecule has 1 aliphatic heterocycles. The van der Waals surface area contributed by atoms with Crippen molar-refractivity contribution in [3.05, 3.63) is 0 Å². The summed E-state index contributed by atoms with van der Waals surface area (Å²) in [6.07, 6.45) is 0. The Balaban J connectivity index is 2.17. The standard InChI is InChI=1S/C6H12S4/c7-1-5-3-10-6(2-8)4-9-5/h5-8H,1-4H2/t5-,6-/m1/s1. The zero-order valence-corrected chi connectivity index (χ0v) is 9.12. The summed E-state index contributed by atoms with van der Waals surface area (Å²) in [5.41, 5.74) is 0. The molecule has 0 N–H and O–H groups in total. The van der Waals surface area contributed by atoms with Crippen LogP contribution in [0.15, 0.2) is 0 Å². The van der Waals surface area contributed by atoms with Gasteiger partial charge >= 0.3 is 0 Å². The lowest BCUT2D eigenvalue weighted by Crippen LogP contribution is -2.23. The second-order valence-corrected chi connectivity index (χ2v) is 5.67. The van der Waals surface area contributed by atoms with Crippen molar-refractivity contribution in [2.75, 3.05) is 23.0 Å². The van der Waals surface area contributed by atoms with E-state index in [1.807, 2.05) is 23.5 Å². The molecule has 0 aromatic heterocycles. The lowest BCUT2D eigenvalue weighted by molar-refractivity contribution is 1.06. The van der Waals surface area contributed by atoms with Gasteiger partial charge < -0.3 is 0 Å². The van der Waals surface area contributed by atoms with Crippen molar-refractivity contribution in [3.8, 4) is 0 Å². The van der Waals surface area contributed by atoms with E-state index in [1.165, 1.54) is 11.5 Å². The van der Waals surface area contributed by atoms with Crippen LogP contribution in [0.25, 0.3) is 0 Å². The highest BCUT2D eigenvalue weighted by Crippen LogP contribution is 2.30. The van der Waals surface area contributed by atoms with Crippen LogP contribution in [0.2, 0.25) is 0 Å². The van der Waals surface area contributed by atoms with E-state index >= 15 is 0 Å². The Hall–Kier alpha value is 1.40. The summed E-state index contributed by atoms with van der Waals surface area (Å²) in [7, 11) is 0. The molecule has 1 rings (SSSR count). The average molecular weight is 212 g/mol. The molecule has 0 amide bonds. The second kappa shape index (κ2) is 5.12. The first-order chi connectivity index (χ1) is 4.86. The molecule has 0 aliphatic carbocycles. The predicted octanol–water partition coefficient (Wildman–Crippen LogP) is 2.06. The number of hydrogen-bond acceptors (Lipinski definition) is 4. The van der Waals surface area contributed by atoms with Crippen LogP contribution in [-0.4, -0.2) is 33.5 Å². The fourth-order valence-corrected chi connectivity index (χ4v) is 4.70. The number of thiol groups is 2. The van der Waals surface area contributed by atoms with Crippen molar-refractivity contribution in [3.63, 3.8) is 0 Å². The Kier molecular flexibility index (Phi) is 4.86. The molecule has 0 bridgehead atoms. The zero-order valence-electron chi connectivity index (χ0n) is 5.69. The Labute approximate surface area is 82.1 Å². The van der Waals surface area contributed by atoms with Crippen molar-refractivity contribution in [1.29, 1.82) is 0 Å². The molecule has 4 heteroatoms. The molecule has 1 saturated heterocycles. The van der Waals surface area contributed by atoms with Crippen LogP contribution in [0.4, 0.5) is 0 Å². The van der Waals surface area contributed by atoms with Crippen molar-refractivity contribution < 1.29 is 0 Å². The summed E-state index contributed by atoms with van der Waals surface area (Å²) >= 11 is 12.6. The topological polar surface area (TPSA) is 0 Å². The quantitative estimate of drug-likeness (QED) is 0.673. The maximum Gasteiger partial charge on any atom is 0.0226 e. The molecule has 60 valence electrons. The molecule has 0 spiro atoms. The third kappa shape index (κ3) is 2.80. The number of rotatable bonds is 2. The summed E-state index contributed by atoms with van der Waals surface area (Å²) in [6, 6.07) is 0. The highest BCUT2D eigenvalue weighted by molar-refractivity contribution is 8.07.